The number of amides is 1. The number of anilines is 1. The lowest BCUT2D eigenvalue weighted by molar-refractivity contribution is -0.120. The van der Waals surface area contributed by atoms with Crippen LogP contribution in [0.15, 0.2) is 24.3 Å². The van der Waals surface area contributed by atoms with Gasteiger partial charge in [-0.3, -0.25) is 4.79 Å². The normalized spacial score (nSPS) is 22.8. The Hall–Kier alpha value is -1.55. The van der Waals surface area contributed by atoms with Crippen molar-refractivity contribution in [2.24, 2.45) is 0 Å². The van der Waals surface area contributed by atoms with Gasteiger partial charge in [-0.15, -0.1) is 0 Å². The zero-order chi connectivity index (χ0) is 15.2. The average Bonchev–Trinajstić information content (AvgIpc) is 2.45. The van der Waals surface area contributed by atoms with Crippen molar-refractivity contribution in [3.63, 3.8) is 0 Å². The number of carbonyl (C=O) groups is 1. The number of likely N-dealkylation sites (N-methyl/N-ethyl adjacent to an activating group) is 1. The molecule has 1 aromatic carbocycles. The van der Waals surface area contributed by atoms with Gasteiger partial charge < -0.3 is 15.5 Å². The third-order valence-electron chi connectivity index (χ3n) is 4.27. The summed E-state index contributed by atoms with van der Waals surface area (Å²) in [7, 11) is 2.19. The Balaban J connectivity index is 1.86. The van der Waals surface area contributed by atoms with Crippen molar-refractivity contribution in [3.05, 3.63) is 29.8 Å². The number of carbonyl (C=O) groups excluding carboxylic acids is 1. The summed E-state index contributed by atoms with van der Waals surface area (Å²) in [5.41, 5.74) is 2.21. The standard InChI is InChI=1S/C17H27N3O/c1-4-18-17(21)12-14-5-7-15(8-6-14)19-16-9-10-20(3)13(2)11-16/h5-8,13,16,19H,4,9-12H2,1-3H3,(H,18,21). The van der Waals surface area contributed by atoms with E-state index in [1.807, 2.05) is 19.1 Å². The molecular formula is C17H27N3O. The van der Waals surface area contributed by atoms with Crippen molar-refractivity contribution >= 4 is 11.6 Å². The highest BCUT2D eigenvalue weighted by molar-refractivity contribution is 5.78. The lowest BCUT2D eigenvalue weighted by Gasteiger charge is -2.35. The summed E-state index contributed by atoms with van der Waals surface area (Å²) >= 11 is 0. The third-order valence-corrected chi connectivity index (χ3v) is 4.27. The molecule has 1 heterocycles. The fourth-order valence-corrected chi connectivity index (χ4v) is 2.82. The van der Waals surface area contributed by atoms with Gasteiger partial charge in [0.15, 0.2) is 0 Å². The molecular weight excluding hydrogens is 262 g/mol. The van der Waals surface area contributed by atoms with Gasteiger partial charge in [0, 0.05) is 30.9 Å². The van der Waals surface area contributed by atoms with Crippen molar-refractivity contribution < 1.29 is 4.79 Å². The predicted octanol–water partition coefficient (Wildman–Crippen LogP) is 2.26. The summed E-state index contributed by atoms with van der Waals surface area (Å²) in [6.45, 7) is 6.05. The minimum atomic E-state index is 0.0855. The second-order valence-electron chi connectivity index (χ2n) is 6.02. The maximum absolute atomic E-state index is 11.5. The third kappa shape index (κ3) is 4.74. The van der Waals surface area contributed by atoms with E-state index in [0.29, 0.717) is 25.0 Å². The first-order valence-corrected chi connectivity index (χ1v) is 7.91. The van der Waals surface area contributed by atoms with Crippen molar-refractivity contribution in [1.82, 2.24) is 10.2 Å². The summed E-state index contributed by atoms with van der Waals surface area (Å²) in [6, 6.07) is 9.42. The smallest absolute Gasteiger partial charge is 0.224 e. The zero-order valence-corrected chi connectivity index (χ0v) is 13.4. The van der Waals surface area contributed by atoms with Crippen molar-refractivity contribution in [2.75, 3.05) is 25.5 Å². The molecule has 0 aliphatic carbocycles. The van der Waals surface area contributed by atoms with E-state index >= 15 is 0 Å². The number of piperidine rings is 1. The van der Waals surface area contributed by atoms with Gasteiger partial charge in [0.2, 0.25) is 5.91 Å². The molecule has 0 radical (unpaired) electrons. The number of nitrogens with one attached hydrogen (secondary N) is 2. The Morgan fingerprint density at radius 1 is 1.33 bits per heavy atom. The Morgan fingerprint density at radius 3 is 2.67 bits per heavy atom. The molecule has 0 aromatic heterocycles. The van der Waals surface area contributed by atoms with Crippen molar-refractivity contribution in [1.29, 1.82) is 0 Å². The summed E-state index contributed by atoms with van der Waals surface area (Å²) in [5.74, 6) is 0.0855. The molecule has 1 fully saturated rings. The molecule has 1 aliphatic heterocycles. The summed E-state index contributed by atoms with van der Waals surface area (Å²) < 4.78 is 0. The van der Waals surface area contributed by atoms with E-state index < -0.39 is 0 Å². The molecule has 1 saturated heterocycles. The number of hydrogen-bond donors (Lipinski definition) is 2. The van der Waals surface area contributed by atoms with Gasteiger partial charge >= 0.3 is 0 Å². The number of likely N-dealkylation sites (tertiary alicyclic amines) is 1. The van der Waals surface area contributed by atoms with Crippen LogP contribution in [0.25, 0.3) is 0 Å². The van der Waals surface area contributed by atoms with Crippen LogP contribution >= 0.6 is 0 Å². The highest BCUT2D eigenvalue weighted by Crippen LogP contribution is 2.20. The summed E-state index contributed by atoms with van der Waals surface area (Å²) in [4.78, 5) is 14.0. The largest absolute Gasteiger partial charge is 0.382 e. The minimum Gasteiger partial charge on any atom is -0.382 e. The van der Waals surface area contributed by atoms with E-state index in [-0.39, 0.29) is 5.91 Å². The van der Waals surface area contributed by atoms with Crippen LogP contribution in [-0.4, -0.2) is 43.0 Å². The molecule has 116 valence electrons. The molecule has 0 bridgehead atoms. The zero-order valence-electron chi connectivity index (χ0n) is 13.4. The van der Waals surface area contributed by atoms with Gasteiger partial charge in [0.25, 0.3) is 0 Å². The Bertz CT molecular complexity index is 458. The molecule has 2 N–H and O–H groups in total. The van der Waals surface area contributed by atoms with Crippen LogP contribution in [0, 0.1) is 0 Å². The van der Waals surface area contributed by atoms with Crippen LogP contribution < -0.4 is 10.6 Å². The molecule has 1 aromatic rings. The van der Waals surface area contributed by atoms with Gasteiger partial charge in [-0.2, -0.15) is 0 Å². The fraction of sp³-hybridized carbons (Fsp3) is 0.588. The number of benzene rings is 1. The highest BCUT2D eigenvalue weighted by Gasteiger charge is 2.22. The lowest BCUT2D eigenvalue weighted by Crippen LogP contribution is -2.42. The second-order valence-corrected chi connectivity index (χ2v) is 6.02. The molecule has 0 spiro atoms. The van der Waals surface area contributed by atoms with Crippen LogP contribution in [0.2, 0.25) is 0 Å². The molecule has 2 rings (SSSR count). The van der Waals surface area contributed by atoms with Gasteiger partial charge in [0.05, 0.1) is 6.42 Å². The Kier molecular flexibility index (Phi) is 5.62. The monoisotopic (exact) mass is 289 g/mol. The van der Waals surface area contributed by atoms with Crippen LogP contribution in [-0.2, 0) is 11.2 Å². The van der Waals surface area contributed by atoms with Gasteiger partial charge in [-0.05, 0) is 51.4 Å². The van der Waals surface area contributed by atoms with Crippen molar-refractivity contribution in [3.8, 4) is 0 Å². The van der Waals surface area contributed by atoms with E-state index in [9.17, 15) is 4.79 Å². The number of hydrogen-bond acceptors (Lipinski definition) is 3. The number of nitrogens with zero attached hydrogens (tertiary/aromatic N) is 1. The first kappa shape index (κ1) is 15.8. The SMILES string of the molecule is CCNC(=O)Cc1ccc(NC2CCN(C)C(C)C2)cc1. The van der Waals surface area contributed by atoms with E-state index in [4.69, 9.17) is 0 Å². The summed E-state index contributed by atoms with van der Waals surface area (Å²) in [5, 5.41) is 6.43. The summed E-state index contributed by atoms with van der Waals surface area (Å²) in [6.07, 6.45) is 2.82. The minimum absolute atomic E-state index is 0.0855. The van der Waals surface area contributed by atoms with Crippen LogP contribution in [0.5, 0.6) is 0 Å². The van der Waals surface area contributed by atoms with E-state index in [2.05, 4.69) is 41.6 Å². The molecule has 21 heavy (non-hydrogen) atoms. The maximum Gasteiger partial charge on any atom is 0.224 e. The van der Waals surface area contributed by atoms with Gasteiger partial charge in [-0.1, -0.05) is 12.1 Å². The molecule has 4 heteroatoms. The topological polar surface area (TPSA) is 44.4 Å². The molecule has 4 nitrogen and oxygen atoms in total. The molecule has 2 atom stereocenters. The van der Waals surface area contributed by atoms with Gasteiger partial charge in [-0.25, -0.2) is 0 Å². The second kappa shape index (κ2) is 7.46. The maximum atomic E-state index is 11.5. The Morgan fingerprint density at radius 2 is 2.05 bits per heavy atom. The first-order chi connectivity index (χ1) is 10.1. The van der Waals surface area contributed by atoms with Crippen LogP contribution in [0.1, 0.15) is 32.3 Å². The van der Waals surface area contributed by atoms with E-state index in [0.717, 1.165) is 17.8 Å². The highest BCUT2D eigenvalue weighted by atomic mass is 16.1. The average molecular weight is 289 g/mol. The van der Waals surface area contributed by atoms with Crippen LogP contribution in [0.4, 0.5) is 5.69 Å². The quantitative estimate of drug-likeness (QED) is 0.874. The predicted molar refractivity (Wildman–Crippen MR) is 87.6 cm³/mol. The fourth-order valence-electron chi connectivity index (χ4n) is 2.82. The number of rotatable bonds is 5. The van der Waals surface area contributed by atoms with E-state index in [1.165, 1.54) is 12.8 Å². The molecule has 1 aliphatic rings. The lowest BCUT2D eigenvalue weighted by atomic mass is 9.98. The molecule has 2 unspecified atom stereocenters. The Labute approximate surface area is 127 Å². The van der Waals surface area contributed by atoms with E-state index in [1.54, 1.807) is 0 Å². The van der Waals surface area contributed by atoms with Crippen LogP contribution in [0.3, 0.4) is 0 Å². The molecule has 1 amide bonds. The first-order valence-electron chi connectivity index (χ1n) is 7.91. The van der Waals surface area contributed by atoms with Gasteiger partial charge in [0.1, 0.15) is 0 Å². The molecule has 0 saturated carbocycles. The van der Waals surface area contributed by atoms with Crippen molar-refractivity contribution in [2.45, 2.75) is 45.2 Å².